The molecule has 0 radical (unpaired) electrons. The lowest BCUT2D eigenvalue weighted by Gasteiger charge is -2.12. The summed E-state index contributed by atoms with van der Waals surface area (Å²) in [5.41, 5.74) is 0.354. The van der Waals surface area contributed by atoms with Crippen LogP contribution in [-0.2, 0) is 0 Å². The van der Waals surface area contributed by atoms with Gasteiger partial charge in [-0.1, -0.05) is 0 Å². The number of methoxy groups -OCH3 is 1. The lowest BCUT2D eigenvalue weighted by atomic mass is 10.2. The van der Waals surface area contributed by atoms with Crippen LogP contribution in [0.25, 0.3) is 16.7 Å². The summed E-state index contributed by atoms with van der Waals surface area (Å²) in [6.07, 6.45) is -3.04. The summed E-state index contributed by atoms with van der Waals surface area (Å²) in [5, 5.41) is 2.63. The minimum absolute atomic E-state index is 0.206. The van der Waals surface area contributed by atoms with Crippen LogP contribution < -0.4 is 15.6 Å². The smallest absolute Gasteiger partial charge is 0.405 e. The van der Waals surface area contributed by atoms with Crippen LogP contribution in [0.3, 0.4) is 0 Å². The van der Waals surface area contributed by atoms with Gasteiger partial charge in [-0.15, -0.1) is 0 Å². The molecule has 2 aromatic heterocycles. The highest BCUT2D eigenvalue weighted by Gasteiger charge is 2.27. The van der Waals surface area contributed by atoms with Crippen molar-refractivity contribution in [2.75, 3.05) is 19.0 Å². The molecule has 0 saturated carbocycles. The summed E-state index contributed by atoms with van der Waals surface area (Å²) in [6, 6.07) is 9.52. The van der Waals surface area contributed by atoms with Gasteiger partial charge in [0.25, 0.3) is 5.56 Å². The van der Waals surface area contributed by atoms with Crippen molar-refractivity contribution < 1.29 is 17.9 Å². The Labute approximate surface area is 139 Å². The summed E-state index contributed by atoms with van der Waals surface area (Å²) < 4.78 is 43.4. The Balaban J connectivity index is 2.09. The number of rotatable bonds is 4. The van der Waals surface area contributed by atoms with E-state index in [0.29, 0.717) is 16.8 Å². The van der Waals surface area contributed by atoms with E-state index in [4.69, 9.17) is 4.74 Å². The van der Waals surface area contributed by atoms with Gasteiger partial charge in [0, 0.05) is 17.6 Å². The van der Waals surface area contributed by atoms with E-state index in [1.165, 1.54) is 30.0 Å². The van der Waals surface area contributed by atoms with Crippen LogP contribution in [0.1, 0.15) is 0 Å². The van der Waals surface area contributed by atoms with Crippen molar-refractivity contribution in [1.82, 2.24) is 14.5 Å². The molecule has 3 rings (SSSR count). The first-order valence-corrected chi connectivity index (χ1v) is 7.21. The molecule has 0 atom stereocenters. The molecular weight excluding hydrogens is 337 g/mol. The summed E-state index contributed by atoms with van der Waals surface area (Å²) in [6.45, 7) is -1.27. The Morgan fingerprint density at radius 3 is 2.52 bits per heavy atom. The molecule has 9 heteroatoms. The number of benzene rings is 1. The average Bonchev–Trinajstić information content (AvgIpc) is 2.59. The van der Waals surface area contributed by atoms with Crippen LogP contribution in [0, 0.1) is 0 Å². The maximum atomic E-state index is 12.3. The molecule has 0 bridgehead atoms. The summed E-state index contributed by atoms with van der Waals surface area (Å²) in [4.78, 5) is 20.2. The van der Waals surface area contributed by atoms with E-state index in [2.05, 4.69) is 15.3 Å². The molecule has 0 amide bonds. The number of aromatic nitrogens is 3. The van der Waals surface area contributed by atoms with Crippen LogP contribution in [0.5, 0.6) is 5.75 Å². The highest BCUT2D eigenvalue weighted by molar-refractivity contribution is 5.76. The van der Waals surface area contributed by atoms with Gasteiger partial charge in [0.1, 0.15) is 12.3 Å². The van der Waals surface area contributed by atoms with Gasteiger partial charge >= 0.3 is 6.18 Å². The van der Waals surface area contributed by atoms with Crippen LogP contribution >= 0.6 is 0 Å². The molecule has 2 heterocycles. The van der Waals surface area contributed by atoms with Crippen molar-refractivity contribution in [1.29, 1.82) is 0 Å². The number of hydrogen-bond acceptors (Lipinski definition) is 5. The first kappa shape index (κ1) is 16.7. The third kappa shape index (κ3) is 3.70. The fraction of sp³-hybridized carbons (Fsp3) is 0.188. The van der Waals surface area contributed by atoms with Gasteiger partial charge in [-0.2, -0.15) is 18.2 Å². The third-order valence-electron chi connectivity index (χ3n) is 3.41. The van der Waals surface area contributed by atoms with Gasteiger partial charge < -0.3 is 10.1 Å². The first-order valence-electron chi connectivity index (χ1n) is 7.21. The molecule has 6 nitrogen and oxygen atoms in total. The quantitative estimate of drug-likeness (QED) is 0.784. The van der Waals surface area contributed by atoms with E-state index >= 15 is 0 Å². The second-order valence-corrected chi connectivity index (χ2v) is 5.15. The number of alkyl halides is 3. The van der Waals surface area contributed by atoms with Crippen LogP contribution in [-0.4, -0.2) is 34.4 Å². The van der Waals surface area contributed by atoms with E-state index in [1.54, 1.807) is 24.3 Å². The highest BCUT2D eigenvalue weighted by Crippen LogP contribution is 2.19. The van der Waals surface area contributed by atoms with Gasteiger partial charge in [-0.25, -0.2) is 4.98 Å². The van der Waals surface area contributed by atoms with Crippen molar-refractivity contribution in [3.63, 3.8) is 0 Å². The standard InChI is InChI=1S/C16H13F3N4O2/c1-25-12-5-3-11(4-6-12)23-13(24)7-2-10-8-20-15(22-14(10)23)21-9-16(17,18)19/h2-8H,9H2,1H3,(H,20,21,22). The second-order valence-electron chi connectivity index (χ2n) is 5.15. The zero-order valence-electron chi connectivity index (χ0n) is 13.0. The molecule has 0 aliphatic carbocycles. The lowest BCUT2D eigenvalue weighted by Crippen LogP contribution is -2.23. The predicted octanol–water partition coefficient (Wildman–Crippen LogP) is 2.76. The molecule has 0 spiro atoms. The number of anilines is 1. The Morgan fingerprint density at radius 2 is 1.88 bits per heavy atom. The topological polar surface area (TPSA) is 69.0 Å². The largest absolute Gasteiger partial charge is 0.497 e. The molecule has 25 heavy (non-hydrogen) atoms. The van der Waals surface area contributed by atoms with E-state index in [9.17, 15) is 18.0 Å². The number of fused-ring (bicyclic) bond motifs is 1. The molecule has 0 aliphatic heterocycles. The Bertz CT molecular complexity index is 952. The fourth-order valence-electron chi connectivity index (χ4n) is 2.26. The van der Waals surface area contributed by atoms with E-state index < -0.39 is 12.7 Å². The molecule has 0 unspecified atom stereocenters. The average molecular weight is 350 g/mol. The van der Waals surface area contributed by atoms with E-state index in [0.717, 1.165) is 0 Å². The Morgan fingerprint density at radius 1 is 1.16 bits per heavy atom. The molecular formula is C16H13F3N4O2. The Hall–Kier alpha value is -3.10. The number of nitrogens with one attached hydrogen (secondary N) is 1. The number of halogens is 3. The zero-order chi connectivity index (χ0) is 18.0. The number of ether oxygens (including phenoxy) is 1. The van der Waals surface area contributed by atoms with Gasteiger partial charge in [0.15, 0.2) is 5.65 Å². The van der Waals surface area contributed by atoms with Crippen molar-refractivity contribution >= 4 is 17.0 Å². The molecule has 0 saturated heterocycles. The van der Waals surface area contributed by atoms with Crippen LogP contribution in [0.15, 0.2) is 47.4 Å². The number of hydrogen-bond donors (Lipinski definition) is 1. The summed E-state index contributed by atoms with van der Waals surface area (Å²) in [7, 11) is 1.52. The maximum absolute atomic E-state index is 12.3. The SMILES string of the molecule is COc1ccc(-n2c(=O)ccc3cnc(NCC(F)(F)F)nc32)cc1. The molecule has 0 aliphatic rings. The van der Waals surface area contributed by atoms with Gasteiger partial charge in [0.05, 0.1) is 12.8 Å². The summed E-state index contributed by atoms with van der Waals surface area (Å²) in [5.74, 6) is 0.400. The van der Waals surface area contributed by atoms with Crippen molar-refractivity contribution in [2.24, 2.45) is 0 Å². The number of nitrogens with zero attached hydrogens (tertiary/aromatic N) is 3. The molecule has 1 N–H and O–H groups in total. The fourth-order valence-corrected chi connectivity index (χ4v) is 2.26. The first-order chi connectivity index (χ1) is 11.9. The predicted molar refractivity (Wildman–Crippen MR) is 86.2 cm³/mol. The van der Waals surface area contributed by atoms with Gasteiger partial charge in [-0.3, -0.25) is 9.36 Å². The van der Waals surface area contributed by atoms with Gasteiger partial charge in [-0.05, 0) is 30.3 Å². The molecule has 3 aromatic rings. The zero-order valence-corrected chi connectivity index (χ0v) is 13.0. The highest BCUT2D eigenvalue weighted by atomic mass is 19.4. The van der Waals surface area contributed by atoms with Crippen molar-refractivity contribution in [3.05, 3.63) is 52.9 Å². The van der Waals surface area contributed by atoms with Crippen molar-refractivity contribution in [3.8, 4) is 11.4 Å². The Kier molecular flexibility index (Phi) is 4.30. The van der Waals surface area contributed by atoms with E-state index in [-0.39, 0.29) is 17.2 Å². The van der Waals surface area contributed by atoms with E-state index in [1.807, 2.05) is 0 Å². The third-order valence-corrected chi connectivity index (χ3v) is 3.41. The van der Waals surface area contributed by atoms with Crippen molar-refractivity contribution in [2.45, 2.75) is 6.18 Å². The molecule has 130 valence electrons. The molecule has 1 aromatic carbocycles. The van der Waals surface area contributed by atoms with Crippen LogP contribution in [0.4, 0.5) is 19.1 Å². The van der Waals surface area contributed by atoms with Gasteiger partial charge in [0.2, 0.25) is 5.95 Å². The normalized spacial score (nSPS) is 11.5. The lowest BCUT2D eigenvalue weighted by molar-refractivity contribution is -0.115. The van der Waals surface area contributed by atoms with Crippen LogP contribution in [0.2, 0.25) is 0 Å². The minimum atomic E-state index is -4.40. The second kappa shape index (κ2) is 6.42. The number of pyridine rings is 1. The monoisotopic (exact) mass is 350 g/mol. The molecule has 0 fully saturated rings. The minimum Gasteiger partial charge on any atom is -0.497 e. The maximum Gasteiger partial charge on any atom is 0.405 e. The summed E-state index contributed by atoms with van der Waals surface area (Å²) >= 11 is 0.